The third-order valence-corrected chi connectivity index (χ3v) is 8.55. The Morgan fingerprint density at radius 3 is 2.75 bits per heavy atom. The van der Waals surface area contributed by atoms with Gasteiger partial charge in [0.1, 0.15) is 5.75 Å². The van der Waals surface area contributed by atoms with E-state index in [-0.39, 0.29) is 11.8 Å². The molecule has 2 aromatic carbocycles. The molecule has 1 aliphatic carbocycles. The fourth-order valence-corrected chi connectivity index (χ4v) is 6.43. The van der Waals surface area contributed by atoms with Crippen LogP contribution in [0, 0.1) is 11.8 Å². The van der Waals surface area contributed by atoms with E-state index >= 15 is 0 Å². The van der Waals surface area contributed by atoms with Crippen LogP contribution in [-0.4, -0.2) is 68.1 Å². The Morgan fingerprint density at radius 2 is 1.92 bits per heavy atom. The van der Waals surface area contributed by atoms with Gasteiger partial charge in [0.25, 0.3) is 0 Å². The van der Waals surface area contributed by atoms with Gasteiger partial charge in [-0.2, -0.15) is 0 Å². The monoisotopic (exact) mass is 489 g/mol. The van der Waals surface area contributed by atoms with Gasteiger partial charge in [-0.05, 0) is 93.8 Å². The third kappa shape index (κ3) is 6.68. The van der Waals surface area contributed by atoms with Crippen LogP contribution in [0.5, 0.6) is 5.75 Å². The van der Waals surface area contributed by atoms with Gasteiger partial charge in [0.15, 0.2) is 0 Å². The van der Waals surface area contributed by atoms with E-state index in [0.717, 1.165) is 51.2 Å². The van der Waals surface area contributed by atoms with Crippen LogP contribution in [0.3, 0.4) is 0 Å². The van der Waals surface area contributed by atoms with Gasteiger partial charge in [0.2, 0.25) is 5.91 Å². The highest BCUT2D eigenvalue weighted by molar-refractivity contribution is 5.79. The van der Waals surface area contributed by atoms with E-state index in [1.807, 2.05) is 0 Å². The summed E-state index contributed by atoms with van der Waals surface area (Å²) in [7, 11) is 2.21. The van der Waals surface area contributed by atoms with E-state index in [1.165, 1.54) is 55.3 Å². The van der Waals surface area contributed by atoms with Gasteiger partial charge in [-0.15, -0.1) is 0 Å². The third-order valence-electron chi connectivity index (χ3n) is 8.55. The Balaban J connectivity index is 1.17. The van der Waals surface area contributed by atoms with Crippen LogP contribution in [0.15, 0.2) is 48.5 Å². The molecule has 5 rings (SSSR count). The maximum Gasteiger partial charge on any atom is 0.224 e. The number of carbonyl (C=O) groups is 1. The number of nitrogens with zero attached hydrogens (tertiary/aromatic N) is 2. The van der Waals surface area contributed by atoms with Crippen molar-refractivity contribution in [1.82, 2.24) is 15.1 Å². The molecule has 0 bridgehead atoms. The van der Waals surface area contributed by atoms with Crippen molar-refractivity contribution in [2.45, 2.75) is 57.4 Å². The van der Waals surface area contributed by atoms with Gasteiger partial charge in [0, 0.05) is 38.1 Å². The van der Waals surface area contributed by atoms with Gasteiger partial charge in [-0.25, -0.2) is 0 Å². The summed E-state index contributed by atoms with van der Waals surface area (Å²) in [6.07, 6.45) is 9.13. The molecule has 1 unspecified atom stereocenters. The number of benzene rings is 2. The number of fused-ring (bicyclic) bond motifs is 1. The second-order valence-corrected chi connectivity index (χ2v) is 11.2. The summed E-state index contributed by atoms with van der Waals surface area (Å²) in [6.45, 7) is 5.47. The Bertz CT molecular complexity index is 995. The highest BCUT2D eigenvalue weighted by atomic mass is 16.5. The number of likely N-dealkylation sites (tertiary alicyclic amines) is 2. The zero-order valence-electron chi connectivity index (χ0n) is 22.0. The molecular formula is C31H43N3O2. The summed E-state index contributed by atoms with van der Waals surface area (Å²) in [5, 5.41) is 3.28. The second-order valence-electron chi connectivity index (χ2n) is 11.2. The summed E-state index contributed by atoms with van der Waals surface area (Å²) in [4.78, 5) is 18.2. The Kier molecular flexibility index (Phi) is 8.60. The van der Waals surface area contributed by atoms with Gasteiger partial charge < -0.3 is 19.9 Å². The Labute approximate surface area is 217 Å². The van der Waals surface area contributed by atoms with Crippen molar-refractivity contribution in [2.75, 3.05) is 46.4 Å². The number of aryl methyl sites for hydroxylation is 2. The predicted octanol–water partition coefficient (Wildman–Crippen LogP) is 4.34. The molecule has 0 radical (unpaired) electrons. The molecule has 3 atom stereocenters. The molecule has 1 amide bonds. The smallest absolute Gasteiger partial charge is 0.224 e. The number of amides is 1. The fourth-order valence-electron chi connectivity index (χ4n) is 6.43. The lowest BCUT2D eigenvalue weighted by atomic mass is 9.88. The first-order chi connectivity index (χ1) is 17.6. The minimum Gasteiger partial charge on any atom is -0.493 e. The normalized spacial score (nSPS) is 24.5. The fraction of sp³-hybridized carbons (Fsp3) is 0.581. The molecule has 36 heavy (non-hydrogen) atoms. The average Bonchev–Trinajstić information content (AvgIpc) is 3.55. The lowest BCUT2D eigenvalue weighted by molar-refractivity contribution is -0.127. The molecule has 2 fully saturated rings. The molecule has 2 saturated heterocycles. The second kappa shape index (κ2) is 12.2. The molecule has 2 heterocycles. The Hall–Kier alpha value is -2.37. The number of rotatable bonds is 10. The van der Waals surface area contributed by atoms with Crippen molar-refractivity contribution in [3.8, 4) is 5.75 Å². The summed E-state index contributed by atoms with van der Waals surface area (Å²) >= 11 is 0. The SMILES string of the molecule is CN1CCCC1CCNC(=O)[C@@H]1C[C@H](COc2ccc3c(c2)CCC3)CN(CCc2ccccc2)C1. The predicted molar refractivity (Wildman–Crippen MR) is 145 cm³/mol. The van der Waals surface area contributed by atoms with E-state index in [4.69, 9.17) is 4.74 Å². The number of hydrogen-bond donors (Lipinski definition) is 1. The molecule has 5 nitrogen and oxygen atoms in total. The number of piperidine rings is 1. The van der Waals surface area contributed by atoms with Crippen molar-refractivity contribution < 1.29 is 9.53 Å². The minimum absolute atomic E-state index is 0.0319. The Morgan fingerprint density at radius 1 is 1.06 bits per heavy atom. The van der Waals surface area contributed by atoms with Crippen LogP contribution < -0.4 is 10.1 Å². The topological polar surface area (TPSA) is 44.8 Å². The highest BCUT2D eigenvalue weighted by Crippen LogP contribution is 2.28. The summed E-state index contributed by atoms with van der Waals surface area (Å²) in [5.41, 5.74) is 4.29. The molecule has 1 N–H and O–H groups in total. The van der Waals surface area contributed by atoms with E-state index in [1.54, 1.807) is 0 Å². The van der Waals surface area contributed by atoms with Crippen molar-refractivity contribution in [1.29, 1.82) is 0 Å². The summed E-state index contributed by atoms with van der Waals surface area (Å²) < 4.78 is 6.31. The molecular weight excluding hydrogens is 446 g/mol. The maximum absolute atomic E-state index is 13.2. The zero-order valence-corrected chi connectivity index (χ0v) is 22.0. The largest absolute Gasteiger partial charge is 0.493 e. The molecule has 194 valence electrons. The molecule has 0 aromatic heterocycles. The van der Waals surface area contributed by atoms with E-state index in [2.05, 4.69) is 70.7 Å². The van der Waals surface area contributed by atoms with E-state index in [0.29, 0.717) is 18.6 Å². The zero-order chi connectivity index (χ0) is 24.7. The van der Waals surface area contributed by atoms with Crippen molar-refractivity contribution in [3.63, 3.8) is 0 Å². The van der Waals surface area contributed by atoms with Gasteiger partial charge in [0.05, 0.1) is 12.5 Å². The van der Waals surface area contributed by atoms with Crippen LogP contribution in [0.1, 0.15) is 48.8 Å². The molecule has 0 saturated carbocycles. The van der Waals surface area contributed by atoms with Crippen LogP contribution in [-0.2, 0) is 24.1 Å². The minimum atomic E-state index is 0.0319. The molecule has 2 aromatic rings. The molecule has 0 spiro atoms. The first-order valence-electron chi connectivity index (χ1n) is 14.1. The van der Waals surface area contributed by atoms with Crippen molar-refractivity contribution in [3.05, 3.63) is 65.2 Å². The lowest BCUT2D eigenvalue weighted by Crippen LogP contribution is -2.48. The van der Waals surface area contributed by atoms with Crippen molar-refractivity contribution in [2.24, 2.45) is 11.8 Å². The van der Waals surface area contributed by atoms with Crippen LogP contribution in [0.4, 0.5) is 0 Å². The van der Waals surface area contributed by atoms with E-state index < -0.39 is 0 Å². The van der Waals surface area contributed by atoms with Crippen LogP contribution in [0.2, 0.25) is 0 Å². The number of ether oxygens (including phenoxy) is 1. The summed E-state index contributed by atoms with van der Waals surface area (Å²) in [6, 6.07) is 17.9. The molecule has 5 heteroatoms. The quantitative estimate of drug-likeness (QED) is 0.539. The van der Waals surface area contributed by atoms with Gasteiger partial charge in [-0.1, -0.05) is 36.4 Å². The van der Waals surface area contributed by atoms with Gasteiger partial charge in [-0.3, -0.25) is 4.79 Å². The molecule has 2 aliphatic heterocycles. The maximum atomic E-state index is 13.2. The van der Waals surface area contributed by atoms with Gasteiger partial charge >= 0.3 is 0 Å². The number of nitrogens with one attached hydrogen (secondary N) is 1. The molecule has 3 aliphatic rings. The van der Waals surface area contributed by atoms with Crippen molar-refractivity contribution >= 4 is 5.91 Å². The van der Waals surface area contributed by atoms with Crippen LogP contribution in [0.25, 0.3) is 0 Å². The van der Waals surface area contributed by atoms with Crippen LogP contribution >= 0.6 is 0 Å². The van der Waals surface area contributed by atoms with E-state index in [9.17, 15) is 4.79 Å². The first-order valence-corrected chi connectivity index (χ1v) is 14.1. The number of hydrogen-bond acceptors (Lipinski definition) is 4. The number of carbonyl (C=O) groups excluding carboxylic acids is 1. The highest BCUT2D eigenvalue weighted by Gasteiger charge is 2.32. The standard InChI is InChI=1S/C31H43N3O2/c1-33-17-6-11-29(33)14-16-32-31(35)28-19-25(21-34(22-28)18-15-24-7-3-2-4-8-24)23-36-30-13-12-26-9-5-10-27(26)20-30/h2-4,7-8,12-13,20,25,28-29H,5-6,9-11,14-19,21-23H2,1H3,(H,32,35)/t25-,28+,29?/m0/s1. The summed E-state index contributed by atoms with van der Waals surface area (Å²) in [5.74, 6) is 1.60. The average molecular weight is 490 g/mol. The lowest BCUT2D eigenvalue weighted by Gasteiger charge is -2.37. The first kappa shape index (κ1) is 25.3.